The molecule has 8 nitrogen and oxygen atoms in total. The van der Waals surface area contributed by atoms with Gasteiger partial charge in [-0.25, -0.2) is 14.5 Å². The summed E-state index contributed by atoms with van der Waals surface area (Å²) in [6, 6.07) is 0. The van der Waals surface area contributed by atoms with Gasteiger partial charge in [0.05, 0.1) is 6.54 Å². The van der Waals surface area contributed by atoms with Crippen molar-refractivity contribution in [1.82, 2.24) is 30.0 Å². The van der Waals surface area contributed by atoms with E-state index >= 15 is 0 Å². The number of aliphatic imine (C=N–C) groups is 1. The lowest BCUT2D eigenvalue weighted by molar-refractivity contribution is -0.140. The Balaban J connectivity index is 1.43. The molecule has 0 amide bonds. The molecule has 2 aromatic heterocycles. The highest BCUT2D eigenvalue weighted by molar-refractivity contribution is 7.09. The molecule has 2 N–H and O–H groups in total. The Kier molecular flexibility index (Phi) is 6.37. The number of hydrogen-bond acceptors (Lipinski definition) is 5. The van der Waals surface area contributed by atoms with Crippen molar-refractivity contribution in [1.29, 1.82) is 0 Å². The largest absolute Gasteiger partial charge is 0.434 e. The molecule has 1 aliphatic rings. The second kappa shape index (κ2) is 8.76. The van der Waals surface area contributed by atoms with Crippen LogP contribution in [0.4, 0.5) is 13.2 Å². The number of thiazole rings is 1. The van der Waals surface area contributed by atoms with Gasteiger partial charge in [-0.3, -0.25) is 9.56 Å². The number of aromatic nitrogens is 4. The minimum atomic E-state index is -4.43. The average Bonchev–Trinajstić information content (AvgIpc) is 3.27. The predicted octanol–water partition coefficient (Wildman–Crippen LogP) is 1.61. The third-order valence-corrected chi connectivity index (χ3v) is 5.19. The second-order valence-electron chi connectivity index (χ2n) is 6.36. The number of aryl methyl sites for hydroxylation is 2. The molecule has 0 spiro atoms. The molecule has 3 rings (SSSR count). The number of nitrogens with one attached hydrogen (secondary N) is 2. The summed E-state index contributed by atoms with van der Waals surface area (Å²) in [5, 5.41) is 11.7. The zero-order valence-corrected chi connectivity index (χ0v) is 16.2. The van der Waals surface area contributed by atoms with Crippen molar-refractivity contribution in [2.75, 3.05) is 13.6 Å². The molecule has 2 aromatic rings. The van der Waals surface area contributed by atoms with Crippen LogP contribution in [0.25, 0.3) is 0 Å². The molecule has 0 aliphatic carbocycles. The molecular weight excluding hydrogens is 395 g/mol. The molecule has 0 atom stereocenters. The van der Waals surface area contributed by atoms with E-state index in [0.717, 1.165) is 48.3 Å². The fraction of sp³-hybridized carbons (Fsp3) is 0.625. The molecule has 28 heavy (non-hydrogen) atoms. The highest BCUT2D eigenvalue weighted by Gasteiger charge is 2.33. The van der Waals surface area contributed by atoms with Crippen LogP contribution in [0.2, 0.25) is 0 Å². The van der Waals surface area contributed by atoms with Gasteiger partial charge in [0.25, 0.3) is 0 Å². The van der Waals surface area contributed by atoms with Crippen molar-refractivity contribution < 1.29 is 13.2 Å². The number of halogens is 3. The van der Waals surface area contributed by atoms with Gasteiger partial charge >= 0.3 is 11.9 Å². The standard InChI is InChI=1S/C16H22F3N7OS/c1-20-14(22-9-13-23-11(10-28-13)16(17,18)19)21-6-4-8-26-15(27)25-7-3-2-5-12(25)24-26/h10H,2-9H2,1H3,(H2,20,21,22). The maximum atomic E-state index is 12.6. The summed E-state index contributed by atoms with van der Waals surface area (Å²) >= 11 is 0.944. The van der Waals surface area contributed by atoms with Crippen molar-refractivity contribution in [2.45, 2.75) is 51.5 Å². The smallest absolute Gasteiger partial charge is 0.356 e. The van der Waals surface area contributed by atoms with Gasteiger partial charge in [0, 0.05) is 38.5 Å². The van der Waals surface area contributed by atoms with Crippen LogP contribution in [-0.2, 0) is 32.2 Å². The van der Waals surface area contributed by atoms with Crippen LogP contribution in [0.5, 0.6) is 0 Å². The molecule has 0 fully saturated rings. The summed E-state index contributed by atoms with van der Waals surface area (Å²) in [4.78, 5) is 19.9. The monoisotopic (exact) mass is 417 g/mol. The summed E-state index contributed by atoms with van der Waals surface area (Å²) in [5.74, 6) is 1.31. The molecule has 0 radical (unpaired) electrons. The third kappa shape index (κ3) is 4.91. The van der Waals surface area contributed by atoms with Crippen LogP contribution < -0.4 is 16.3 Å². The van der Waals surface area contributed by atoms with E-state index in [-0.39, 0.29) is 12.2 Å². The van der Waals surface area contributed by atoms with Crippen molar-refractivity contribution in [3.63, 3.8) is 0 Å². The summed E-state index contributed by atoms with van der Waals surface area (Å²) < 4.78 is 40.9. The molecule has 0 unspecified atom stereocenters. The third-order valence-electron chi connectivity index (χ3n) is 4.34. The highest BCUT2D eigenvalue weighted by atomic mass is 32.1. The van der Waals surface area contributed by atoms with Crippen molar-refractivity contribution in [2.24, 2.45) is 4.99 Å². The SMILES string of the molecule is CN=C(NCCCn1nc2n(c1=O)CCCC2)NCc1nc(C(F)(F)F)cs1. The Morgan fingerprint density at radius 3 is 2.86 bits per heavy atom. The fourth-order valence-electron chi connectivity index (χ4n) is 2.93. The lowest BCUT2D eigenvalue weighted by atomic mass is 10.2. The summed E-state index contributed by atoms with van der Waals surface area (Å²) in [7, 11) is 1.58. The Morgan fingerprint density at radius 1 is 1.36 bits per heavy atom. The Hall–Kier alpha value is -2.37. The zero-order valence-electron chi connectivity index (χ0n) is 15.4. The second-order valence-corrected chi connectivity index (χ2v) is 7.30. The molecule has 0 saturated heterocycles. The van der Waals surface area contributed by atoms with Gasteiger partial charge in [-0.1, -0.05) is 0 Å². The molecule has 0 saturated carbocycles. The van der Waals surface area contributed by atoms with E-state index in [1.54, 1.807) is 11.6 Å². The fourth-order valence-corrected chi connectivity index (χ4v) is 3.67. The minimum Gasteiger partial charge on any atom is -0.356 e. The van der Waals surface area contributed by atoms with Crippen molar-refractivity contribution in [3.05, 3.63) is 32.4 Å². The Bertz CT molecular complexity index is 884. The number of guanidine groups is 1. The van der Waals surface area contributed by atoms with Gasteiger partial charge in [-0.05, 0) is 19.3 Å². The highest BCUT2D eigenvalue weighted by Crippen LogP contribution is 2.29. The molecule has 12 heteroatoms. The van der Waals surface area contributed by atoms with Crippen LogP contribution in [0, 0.1) is 0 Å². The van der Waals surface area contributed by atoms with E-state index < -0.39 is 11.9 Å². The average molecular weight is 417 g/mol. The van der Waals surface area contributed by atoms with Crippen molar-refractivity contribution in [3.8, 4) is 0 Å². The van der Waals surface area contributed by atoms with Crippen LogP contribution in [0.3, 0.4) is 0 Å². The van der Waals surface area contributed by atoms with Gasteiger partial charge in [-0.2, -0.15) is 18.3 Å². The number of fused-ring (bicyclic) bond motifs is 1. The van der Waals surface area contributed by atoms with E-state index in [1.807, 2.05) is 0 Å². The van der Waals surface area contributed by atoms with Gasteiger partial charge in [0.1, 0.15) is 10.8 Å². The van der Waals surface area contributed by atoms with E-state index in [1.165, 1.54) is 4.68 Å². The first-order valence-corrected chi connectivity index (χ1v) is 9.89. The van der Waals surface area contributed by atoms with Crippen molar-refractivity contribution >= 4 is 17.3 Å². The molecular formula is C16H22F3N7OS. The van der Waals surface area contributed by atoms with Gasteiger partial charge in [0.2, 0.25) is 0 Å². The normalized spacial score (nSPS) is 14.8. The number of nitrogens with zero attached hydrogens (tertiary/aromatic N) is 5. The van der Waals surface area contributed by atoms with E-state index in [9.17, 15) is 18.0 Å². The number of hydrogen-bond donors (Lipinski definition) is 2. The lowest BCUT2D eigenvalue weighted by Gasteiger charge is -2.10. The van der Waals surface area contributed by atoms with E-state index in [0.29, 0.717) is 30.5 Å². The molecule has 0 aromatic carbocycles. The summed E-state index contributed by atoms with van der Waals surface area (Å²) in [6.07, 6.45) is -0.870. The molecule has 154 valence electrons. The van der Waals surface area contributed by atoms with E-state index in [4.69, 9.17) is 0 Å². The topological polar surface area (TPSA) is 89.1 Å². The number of alkyl halides is 3. The van der Waals surface area contributed by atoms with Gasteiger partial charge in [0.15, 0.2) is 11.7 Å². The zero-order chi connectivity index (χ0) is 20.1. The van der Waals surface area contributed by atoms with Crippen LogP contribution in [0.15, 0.2) is 15.2 Å². The molecule has 3 heterocycles. The summed E-state index contributed by atoms with van der Waals surface area (Å²) in [6.45, 7) is 1.91. The molecule has 0 bridgehead atoms. The lowest BCUT2D eigenvalue weighted by Crippen LogP contribution is -2.38. The van der Waals surface area contributed by atoms with Crippen LogP contribution in [-0.4, -0.2) is 38.9 Å². The van der Waals surface area contributed by atoms with Crippen LogP contribution in [0.1, 0.15) is 35.8 Å². The van der Waals surface area contributed by atoms with Gasteiger partial charge < -0.3 is 10.6 Å². The Labute approximate surface area is 163 Å². The maximum Gasteiger partial charge on any atom is 0.434 e. The first kappa shape index (κ1) is 20.4. The predicted molar refractivity (Wildman–Crippen MR) is 99.4 cm³/mol. The quantitative estimate of drug-likeness (QED) is 0.424. The minimum absolute atomic E-state index is 0.0681. The van der Waals surface area contributed by atoms with Gasteiger partial charge in [-0.15, -0.1) is 11.3 Å². The van der Waals surface area contributed by atoms with Crippen LogP contribution >= 0.6 is 11.3 Å². The summed E-state index contributed by atoms with van der Waals surface area (Å²) in [5.41, 5.74) is -0.952. The van der Waals surface area contributed by atoms with E-state index in [2.05, 4.69) is 25.7 Å². The first-order valence-electron chi connectivity index (χ1n) is 9.01. The number of rotatable bonds is 6. The maximum absolute atomic E-state index is 12.6. The first-order chi connectivity index (χ1) is 13.4. The molecule has 1 aliphatic heterocycles. The Morgan fingerprint density at radius 2 is 2.18 bits per heavy atom.